The average molecular weight is 283 g/mol. The Kier molecular flexibility index (Phi) is 3.60. The van der Waals surface area contributed by atoms with Crippen LogP contribution < -0.4 is 15.2 Å². The summed E-state index contributed by atoms with van der Waals surface area (Å²) in [5.41, 5.74) is 11.1. The van der Waals surface area contributed by atoms with Gasteiger partial charge in [0.2, 0.25) is 0 Å². The van der Waals surface area contributed by atoms with Gasteiger partial charge in [-0.1, -0.05) is 18.2 Å². The lowest BCUT2D eigenvalue weighted by Gasteiger charge is -2.31. The van der Waals surface area contributed by atoms with Gasteiger partial charge in [-0.3, -0.25) is 0 Å². The van der Waals surface area contributed by atoms with Crippen molar-refractivity contribution in [2.24, 2.45) is 5.73 Å². The third-order valence-corrected chi connectivity index (χ3v) is 4.26. The largest absolute Gasteiger partial charge is 0.497 e. The van der Waals surface area contributed by atoms with Crippen molar-refractivity contribution in [3.05, 3.63) is 58.7 Å². The van der Waals surface area contributed by atoms with E-state index in [2.05, 4.69) is 32.0 Å². The molecule has 2 aromatic rings. The van der Waals surface area contributed by atoms with Crippen molar-refractivity contribution in [3.63, 3.8) is 0 Å². The zero-order valence-electron chi connectivity index (χ0n) is 12.7. The van der Waals surface area contributed by atoms with Crippen LogP contribution in [0.15, 0.2) is 36.4 Å². The van der Waals surface area contributed by atoms with Crippen LogP contribution in [-0.4, -0.2) is 7.11 Å². The minimum Gasteiger partial charge on any atom is -0.497 e. The van der Waals surface area contributed by atoms with Gasteiger partial charge in [0.25, 0.3) is 0 Å². The number of ether oxygens (including phenoxy) is 2. The molecule has 0 saturated carbocycles. The number of methoxy groups -OCH3 is 1. The summed E-state index contributed by atoms with van der Waals surface area (Å²) in [4.78, 5) is 0. The molecule has 2 aromatic carbocycles. The van der Waals surface area contributed by atoms with Gasteiger partial charge >= 0.3 is 0 Å². The molecule has 0 radical (unpaired) electrons. The molecule has 2 N–H and O–H groups in total. The van der Waals surface area contributed by atoms with Gasteiger partial charge in [0.1, 0.15) is 17.6 Å². The van der Waals surface area contributed by atoms with E-state index in [4.69, 9.17) is 15.2 Å². The summed E-state index contributed by atoms with van der Waals surface area (Å²) < 4.78 is 11.4. The van der Waals surface area contributed by atoms with Crippen LogP contribution in [0, 0.1) is 13.8 Å². The molecular formula is C18H21NO2. The van der Waals surface area contributed by atoms with Gasteiger partial charge in [-0.15, -0.1) is 0 Å². The molecule has 0 amide bonds. The number of hydrogen-bond donors (Lipinski definition) is 1. The highest BCUT2D eigenvalue weighted by atomic mass is 16.5. The Morgan fingerprint density at radius 3 is 2.62 bits per heavy atom. The van der Waals surface area contributed by atoms with Crippen LogP contribution in [0.4, 0.5) is 0 Å². The van der Waals surface area contributed by atoms with E-state index in [9.17, 15) is 0 Å². The molecule has 0 fully saturated rings. The van der Waals surface area contributed by atoms with E-state index in [0.717, 1.165) is 23.5 Å². The van der Waals surface area contributed by atoms with E-state index in [1.807, 2.05) is 18.2 Å². The second-order valence-electron chi connectivity index (χ2n) is 5.70. The lowest BCUT2D eigenvalue weighted by atomic mass is 9.92. The summed E-state index contributed by atoms with van der Waals surface area (Å²) in [6.45, 7) is 4.24. The molecule has 1 heterocycles. The molecule has 0 spiro atoms. The molecule has 1 unspecified atom stereocenters. The Labute approximate surface area is 125 Å². The minimum absolute atomic E-state index is 0.0141. The fourth-order valence-electron chi connectivity index (χ4n) is 2.78. The Bertz CT molecular complexity index is 666. The fraction of sp³-hybridized carbons (Fsp3) is 0.333. The Balaban J connectivity index is 1.92. The van der Waals surface area contributed by atoms with Crippen LogP contribution >= 0.6 is 0 Å². The van der Waals surface area contributed by atoms with Crippen LogP contribution in [0.25, 0.3) is 0 Å². The number of hydrogen-bond acceptors (Lipinski definition) is 3. The summed E-state index contributed by atoms with van der Waals surface area (Å²) >= 11 is 0. The SMILES string of the molecule is COc1ccc2c(c1)[C@@H](N)CC(c1ccc(C)c(C)c1)O2. The topological polar surface area (TPSA) is 44.5 Å². The summed E-state index contributed by atoms with van der Waals surface area (Å²) in [6.07, 6.45) is 0.794. The normalized spacial score (nSPS) is 20.6. The number of benzene rings is 2. The first-order valence-electron chi connectivity index (χ1n) is 7.26. The maximum absolute atomic E-state index is 6.33. The van der Waals surface area contributed by atoms with E-state index < -0.39 is 0 Å². The van der Waals surface area contributed by atoms with Crippen LogP contribution in [-0.2, 0) is 0 Å². The van der Waals surface area contributed by atoms with Gasteiger partial charge in [0.15, 0.2) is 0 Å². The number of rotatable bonds is 2. The molecule has 0 aromatic heterocycles. The first-order valence-corrected chi connectivity index (χ1v) is 7.26. The molecule has 3 nitrogen and oxygen atoms in total. The van der Waals surface area contributed by atoms with Crippen molar-refractivity contribution < 1.29 is 9.47 Å². The summed E-state index contributed by atoms with van der Waals surface area (Å²) in [5, 5.41) is 0. The van der Waals surface area contributed by atoms with Gasteiger partial charge in [0, 0.05) is 18.0 Å². The molecule has 3 heteroatoms. The standard InChI is InChI=1S/C18H21NO2/c1-11-4-5-13(8-12(11)2)18-10-16(19)15-9-14(20-3)6-7-17(15)21-18/h4-9,16,18H,10,19H2,1-3H3/t16-,18?/m0/s1. The minimum atomic E-state index is -0.0320. The van der Waals surface area contributed by atoms with Gasteiger partial charge < -0.3 is 15.2 Å². The summed E-state index contributed by atoms with van der Waals surface area (Å²) in [5.74, 6) is 1.68. The van der Waals surface area contributed by atoms with Crippen molar-refractivity contribution in [1.82, 2.24) is 0 Å². The van der Waals surface area contributed by atoms with Crippen molar-refractivity contribution in [3.8, 4) is 11.5 Å². The number of aryl methyl sites for hydroxylation is 2. The van der Waals surface area contributed by atoms with E-state index in [1.165, 1.54) is 16.7 Å². The predicted octanol–water partition coefficient (Wildman–Crippen LogP) is 3.84. The zero-order valence-corrected chi connectivity index (χ0v) is 12.7. The fourth-order valence-corrected chi connectivity index (χ4v) is 2.78. The van der Waals surface area contributed by atoms with Gasteiger partial charge in [-0.2, -0.15) is 0 Å². The van der Waals surface area contributed by atoms with Crippen molar-refractivity contribution in [2.75, 3.05) is 7.11 Å². The second kappa shape index (κ2) is 5.41. The third-order valence-electron chi connectivity index (χ3n) is 4.26. The monoisotopic (exact) mass is 283 g/mol. The molecule has 3 rings (SSSR count). The number of fused-ring (bicyclic) bond motifs is 1. The second-order valence-corrected chi connectivity index (χ2v) is 5.70. The van der Waals surface area contributed by atoms with E-state index >= 15 is 0 Å². The molecule has 0 bridgehead atoms. The van der Waals surface area contributed by atoms with E-state index in [-0.39, 0.29) is 12.1 Å². The molecule has 0 aliphatic carbocycles. The highest BCUT2D eigenvalue weighted by Crippen LogP contribution is 2.41. The molecule has 21 heavy (non-hydrogen) atoms. The molecule has 1 aliphatic heterocycles. The quantitative estimate of drug-likeness (QED) is 0.911. The maximum atomic E-state index is 6.33. The number of nitrogens with two attached hydrogens (primary N) is 1. The van der Waals surface area contributed by atoms with Gasteiger partial charge in [-0.05, 0) is 48.7 Å². The van der Waals surface area contributed by atoms with Crippen molar-refractivity contribution >= 4 is 0 Å². The van der Waals surface area contributed by atoms with Crippen molar-refractivity contribution in [2.45, 2.75) is 32.4 Å². The first kappa shape index (κ1) is 14.0. The van der Waals surface area contributed by atoms with Crippen LogP contribution in [0.3, 0.4) is 0 Å². The molecule has 0 saturated heterocycles. The maximum Gasteiger partial charge on any atom is 0.126 e. The average Bonchev–Trinajstić information content (AvgIpc) is 2.49. The Hall–Kier alpha value is -2.00. The summed E-state index contributed by atoms with van der Waals surface area (Å²) in [6, 6.07) is 12.3. The molecule has 110 valence electrons. The van der Waals surface area contributed by atoms with Crippen LogP contribution in [0.2, 0.25) is 0 Å². The Morgan fingerprint density at radius 1 is 1.10 bits per heavy atom. The smallest absolute Gasteiger partial charge is 0.126 e. The van der Waals surface area contributed by atoms with Gasteiger partial charge in [-0.25, -0.2) is 0 Å². The van der Waals surface area contributed by atoms with Gasteiger partial charge in [0.05, 0.1) is 7.11 Å². The lowest BCUT2D eigenvalue weighted by Crippen LogP contribution is -2.24. The Morgan fingerprint density at radius 2 is 1.90 bits per heavy atom. The van der Waals surface area contributed by atoms with Crippen molar-refractivity contribution in [1.29, 1.82) is 0 Å². The molecular weight excluding hydrogens is 262 g/mol. The zero-order chi connectivity index (χ0) is 15.0. The first-order chi connectivity index (χ1) is 10.1. The highest BCUT2D eigenvalue weighted by molar-refractivity contribution is 5.44. The van der Waals surface area contributed by atoms with Crippen LogP contribution in [0.1, 0.15) is 40.8 Å². The predicted molar refractivity (Wildman–Crippen MR) is 83.8 cm³/mol. The lowest BCUT2D eigenvalue weighted by molar-refractivity contribution is 0.161. The highest BCUT2D eigenvalue weighted by Gasteiger charge is 2.27. The van der Waals surface area contributed by atoms with E-state index in [0.29, 0.717) is 0 Å². The summed E-state index contributed by atoms with van der Waals surface area (Å²) in [7, 11) is 1.66. The van der Waals surface area contributed by atoms with Crippen LogP contribution in [0.5, 0.6) is 11.5 Å². The molecule has 2 atom stereocenters. The van der Waals surface area contributed by atoms with E-state index in [1.54, 1.807) is 7.11 Å². The third kappa shape index (κ3) is 2.61. The molecule has 1 aliphatic rings.